The van der Waals surface area contributed by atoms with Gasteiger partial charge in [0.05, 0.1) is 11.9 Å². The minimum atomic E-state index is -3.71. The second-order valence-electron chi connectivity index (χ2n) is 5.27. The van der Waals surface area contributed by atoms with Crippen LogP contribution >= 0.6 is 0 Å². The Labute approximate surface area is 136 Å². The maximum atomic E-state index is 12.2. The van der Waals surface area contributed by atoms with E-state index in [1.165, 1.54) is 0 Å². The molecule has 0 radical (unpaired) electrons. The molecule has 0 aromatic heterocycles. The number of para-hydroxylation sites is 1. The van der Waals surface area contributed by atoms with E-state index in [0.717, 1.165) is 16.1 Å². The lowest BCUT2D eigenvalue weighted by molar-refractivity contribution is -0.138. The predicted octanol–water partition coefficient (Wildman–Crippen LogP) is 2.54. The van der Waals surface area contributed by atoms with Crippen molar-refractivity contribution < 1.29 is 18.3 Å². The van der Waals surface area contributed by atoms with Gasteiger partial charge in [0.2, 0.25) is 10.0 Å². The first kappa shape index (κ1) is 17.0. The standard InChI is InChI=1S/C17H19NO4S/c1-23(21,22)18(15-10-6-3-7-11-15)16(17(19)20)13-12-14-8-4-2-5-9-14/h2-11,16H,12-13H2,1H3,(H,19,20)/t16-/m1/s1. The molecule has 2 rings (SSSR count). The molecule has 0 bridgehead atoms. The summed E-state index contributed by atoms with van der Waals surface area (Å²) in [6.07, 6.45) is 1.70. The number of nitrogens with zero attached hydrogens (tertiary/aromatic N) is 1. The lowest BCUT2D eigenvalue weighted by Gasteiger charge is -2.28. The first-order valence-electron chi connectivity index (χ1n) is 7.21. The Morgan fingerprint density at radius 2 is 1.57 bits per heavy atom. The van der Waals surface area contributed by atoms with Crippen molar-refractivity contribution in [3.05, 3.63) is 66.2 Å². The molecule has 1 N–H and O–H groups in total. The molecule has 0 fully saturated rings. The Balaban J connectivity index is 2.30. The van der Waals surface area contributed by atoms with E-state index in [1.807, 2.05) is 30.3 Å². The molecule has 0 aliphatic carbocycles. The summed E-state index contributed by atoms with van der Waals surface area (Å²) in [6, 6.07) is 16.6. The van der Waals surface area contributed by atoms with Crippen LogP contribution in [-0.4, -0.2) is 31.8 Å². The van der Waals surface area contributed by atoms with Gasteiger partial charge in [-0.3, -0.25) is 4.31 Å². The maximum absolute atomic E-state index is 12.2. The van der Waals surface area contributed by atoms with Crippen LogP contribution < -0.4 is 4.31 Å². The number of benzene rings is 2. The van der Waals surface area contributed by atoms with Crippen LogP contribution in [0.1, 0.15) is 12.0 Å². The fraction of sp³-hybridized carbons (Fsp3) is 0.235. The molecule has 2 aromatic rings. The van der Waals surface area contributed by atoms with E-state index in [2.05, 4.69) is 0 Å². The highest BCUT2D eigenvalue weighted by atomic mass is 32.2. The first-order chi connectivity index (χ1) is 10.9. The number of carbonyl (C=O) groups is 1. The maximum Gasteiger partial charge on any atom is 0.327 e. The Bertz CT molecular complexity index is 745. The summed E-state index contributed by atoms with van der Waals surface area (Å²) in [5.74, 6) is -1.16. The fourth-order valence-corrected chi connectivity index (χ4v) is 3.63. The summed E-state index contributed by atoms with van der Waals surface area (Å²) in [7, 11) is -3.71. The summed E-state index contributed by atoms with van der Waals surface area (Å²) < 4.78 is 25.3. The smallest absolute Gasteiger partial charge is 0.327 e. The predicted molar refractivity (Wildman–Crippen MR) is 90.0 cm³/mol. The SMILES string of the molecule is CS(=O)(=O)N(c1ccccc1)[C@H](CCc1ccccc1)C(=O)O. The number of anilines is 1. The van der Waals surface area contributed by atoms with Gasteiger partial charge in [-0.2, -0.15) is 0 Å². The van der Waals surface area contributed by atoms with E-state index in [4.69, 9.17) is 0 Å². The summed E-state index contributed by atoms with van der Waals surface area (Å²) in [6.45, 7) is 0. The second-order valence-corrected chi connectivity index (χ2v) is 7.13. The molecule has 6 heteroatoms. The number of aryl methyl sites for hydroxylation is 1. The minimum Gasteiger partial charge on any atom is -0.480 e. The van der Waals surface area contributed by atoms with E-state index in [9.17, 15) is 18.3 Å². The first-order valence-corrected chi connectivity index (χ1v) is 9.05. The van der Waals surface area contributed by atoms with Gasteiger partial charge in [0.1, 0.15) is 6.04 Å². The van der Waals surface area contributed by atoms with Crippen molar-refractivity contribution in [2.24, 2.45) is 0 Å². The molecule has 0 aliphatic heterocycles. The van der Waals surface area contributed by atoms with Crippen LogP contribution in [-0.2, 0) is 21.2 Å². The normalized spacial score (nSPS) is 12.6. The van der Waals surface area contributed by atoms with Gasteiger partial charge in [0.25, 0.3) is 0 Å². The van der Waals surface area contributed by atoms with Crippen LogP contribution in [0.4, 0.5) is 5.69 Å². The molecule has 23 heavy (non-hydrogen) atoms. The summed E-state index contributed by atoms with van der Waals surface area (Å²) >= 11 is 0. The number of aliphatic carboxylic acids is 1. The van der Waals surface area contributed by atoms with Crippen LogP contribution in [0.25, 0.3) is 0 Å². The Kier molecular flexibility index (Phi) is 5.39. The monoisotopic (exact) mass is 333 g/mol. The Hall–Kier alpha value is -2.34. The van der Waals surface area contributed by atoms with Gasteiger partial charge >= 0.3 is 5.97 Å². The van der Waals surface area contributed by atoms with Crippen LogP contribution in [0.5, 0.6) is 0 Å². The van der Waals surface area contributed by atoms with Gasteiger partial charge in [-0.1, -0.05) is 48.5 Å². The summed E-state index contributed by atoms with van der Waals surface area (Å²) in [5, 5.41) is 9.54. The summed E-state index contributed by atoms with van der Waals surface area (Å²) in [4.78, 5) is 11.7. The highest BCUT2D eigenvalue weighted by Gasteiger charge is 2.32. The highest BCUT2D eigenvalue weighted by Crippen LogP contribution is 2.23. The molecule has 0 heterocycles. The molecule has 2 aromatic carbocycles. The van der Waals surface area contributed by atoms with Gasteiger partial charge in [0.15, 0.2) is 0 Å². The van der Waals surface area contributed by atoms with Crippen molar-refractivity contribution in [1.82, 2.24) is 0 Å². The van der Waals surface area contributed by atoms with Crippen LogP contribution in [0.15, 0.2) is 60.7 Å². The number of carboxylic acid groups (broad SMARTS) is 1. The van der Waals surface area contributed by atoms with Crippen molar-refractivity contribution >= 4 is 21.7 Å². The third-order valence-corrected chi connectivity index (χ3v) is 4.67. The van der Waals surface area contributed by atoms with Crippen molar-refractivity contribution in [1.29, 1.82) is 0 Å². The molecular weight excluding hydrogens is 314 g/mol. The van der Waals surface area contributed by atoms with E-state index in [1.54, 1.807) is 30.3 Å². The molecular formula is C17H19NO4S. The lowest BCUT2D eigenvalue weighted by atomic mass is 10.0. The van der Waals surface area contributed by atoms with Crippen molar-refractivity contribution in [3.8, 4) is 0 Å². The van der Waals surface area contributed by atoms with Gasteiger partial charge in [-0.15, -0.1) is 0 Å². The minimum absolute atomic E-state index is 0.196. The Morgan fingerprint density at radius 1 is 1.04 bits per heavy atom. The van der Waals surface area contributed by atoms with Gasteiger partial charge in [-0.25, -0.2) is 13.2 Å². The number of hydrogen-bond acceptors (Lipinski definition) is 3. The zero-order chi connectivity index (χ0) is 16.9. The molecule has 0 unspecified atom stereocenters. The number of hydrogen-bond donors (Lipinski definition) is 1. The van der Waals surface area contributed by atoms with Crippen molar-refractivity contribution in [2.45, 2.75) is 18.9 Å². The van der Waals surface area contributed by atoms with E-state index >= 15 is 0 Å². The van der Waals surface area contributed by atoms with Crippen molar-refractivity contribution in [2.75, 3.05) is 10.6 Å². The molecule has 122 valence electrons. The Morgan fingerprint density at radius 3 is 2.04 bits per heavy atom. The van der Waals surface area contributed by atoms with Gasteiger partial charge in [-0.05, 0) is 30.5 Å². The molecule has 0 spiro atoms. The zero-order valence-electron chi connectivity index (χ0n) is 12.8. The average molecular weight is 333 g/mol. The van der Waals surface area contributed by atoms with Crippen LogP contribution in [0.3, 0.4) is 0 Å². The fourth-order valence-electron chi connectivity index (χ4n) is 2.47. The van der Waals surface area contributed by atoms with Gasteiger partial charge in [0, 0.05) is 0 Å². The molecule has 0 aliphatic rings. The second kappa shape index (κ2) is 7.28. The highest BCUT2D eigenvalue weighted by molar-refractivity contribution is 7.92. The van der Waals surface area contributed by atoms with E-state index in [-0.39, 0.29) is 6.42 Å². The molecule has 0 amide bonds. The molecule has 0 saturated carbocycles. The van der Waals surface area contributed by atoms with Crippen LogP contribution in [0.2, 0.25) is 0 Å². The lowest BCUT2D eigenvalue weighted by Crippen LogP contribution is -2.45. The van der Waals surface area contributed by atoms with Gasteiger partial charge < -0.3 is 5.11 Å². The summed E-state index contributed by atoms with van der Waals surface area (Å²) in [5.41, 5.74) is 1.33. The zero-order valence-corrected chi connectivity index (χ0v) is 13.6. The largest absolute Gasteiger partial charge is 0.480 e. The van der Waals surface area contributed by atoms with Crippen molar-refractivity contribution in [3.63, 3.8) is 0 Å². The molecule has 1 atom stereocenters. The number of carboxylic acids is 1. The molecule has 0 saturated heterocycles. The number of rotatable bonds is 7. The average Bonchev–Trinajstić information content (AvgIpc) is 2.51. The van der Waals surface area contributed by atoms with Crippen LogP contribution in [0, 0.1) is 0 Å². The van der Waals surface area contributed by atoms with E-state index in [0.29, 0.717) is 12.1 Å². The molecule has 5 nitrogen and oxygen atoms in total. The topological polar surface area (TPSA) is 74.7 Å². The third-order valence-electron chi connectivity index (χ3n) is 3.49. The quantitative estimate of drug-likeness (QED) is 0.845. The van der Waals surface area contributed by atoms with E-state index < -0.39 is 22.0 Å². The number of sulfonamides is 1. The third kappa shape index (κ3) is 4.56.